The number of hydrogen-bond donors (Lipinski definition) is 0. The topological polar surface area (TPSA) is 3.24 Å². The molecular weight excluding hydrogens is 152 g/mol. The van der Waals surface area contributed by atoms with E-state index in [1.807, 2.05) is 0 Å². The summed E-state index contributed by atoms with van der Waals surface area (Å²) < 4.78 is 2.46. The van der Waals surface area contributed by atoms with Gasteiger partial charge in [-0.3, -0.25) is 0 Å². The molecule has 2 rings (SSSR count). The lowest BCUT2D eigenvalue weighted by Crippen LogP contribution is -2.57. The van der Waals surface area contributed by atoms with E-state index in [0.29, 0.717) is 6.85 Å². The Labute approximate surface area is 84.8 Å². The Bertz CT molecular complexity index is 239. The highest BCUT2D eigenvalue weighted by molar-refractivity contribution is 7.59. The molecule has 0 atom stereocenters. The zero-order valence-electron chi connectivity index (χ0n) is 8.40. The first-order chi connectivity index (χ1) is 6.02. The first kappa shape index (κ1) is 9.57. The van der Waals surface area contributed by atoms with Crippen molar-refractivity contribution < 1.29 is 0 Å². The van der Waals surface area contributed by atoms with Crippen molar-refractivity contribution in [2.24, 2.45) is 0 Å². The lowest BCUT2D eigenvalue weighted by Gasteiger charge is -2.38. The van der Waals surface area contributed by atoms with E-state index in [9.17, 15) is 0 Å². The monoisotopic (exact) mass is 165 g/mol. The van der Waals surface area contributed by atoms with Gasteiger partial charge in [0, 0.05) is 21.9 Å². The van der Waals surface area contributed by atoms with E-state index in [4.69, 9.17) is 15.5 Å². The maximum absolute atomic E-state index is 5.76. The summed E-state index contributed by atoms with van der Waals surface area (Å²) in [5, 5.41) is 0. The molecule has 2 heterocycles. The summed E-state index contributed by atoms with van der Waals surface area (Å²) in [6.07, 6.45) is 2.23. The molecule has 0 aromatic carbocycles. The quantitative estimate of drug-likeness (QED) is 0.493. The molecule has 2 aliphatic heterocycles. The van der Waals surface area contributed by atoms with Crippen molar-refractivity contribution in [2.45, 2.75) is 32.1 Å². The van der Waals surface area contributed by atoms with Crippen LogP contribution >= 0.6 is 0 Å². The molecule has 13 heavy (non-hydrogen) atoms. The van der Waals surface area contributed by atoms with E-state index >= 15 is 0 Å². The van der Waals surface area contributed by atoms with E-state index in [-0.39, 0.29) is 18.7 Å². The summed E-state index contributed by atoms with van der Waals surface area (Å²) >= 11 is 0. The third-order valence-corrected chi connectivity index (χ3v) is 3.35. The molecule has 0 amide bonds. The predicted octanol–water partition coefficient (Wildman–Crippen LogP) is 0.00550. The highest BCUT2D eigenvalue weighted by Gasteiger charge is 2.47. The molecule has 4 radical (unpaired) electrons. The molecule has 0 unspecified atom stereocenters. The fourth-order valence-corrected chi connectivity index (χ4v) is 2.68. The average molecular weight is 164 g/mol. The fourth-order valence-electron chi connectivity index (χ4n) is 2.68. The van der Waals surface area contributed by atoms with Crippen molar-refractivity contribution in [2.75, 3.05) is 0 Å². The van der Waals surface area contributed by atoms with Gasteiger partial charge in [0.25, 0.3) is 0 Å². The van der Waals surface area contributed by atoms with Crippen LogP contribution in [0.5, 0.6) is 0 Å². The summed E-state index contributed by atoms with van der Waals surface area (Å²) in [4.78, 5) is 0. The second-order valence-electron chi connectivity index (χ2n) is 4.78. The summed E-state index contributed by atoms with van der Waals surface area (Å²) in [6.45, 7) is 5.36. The highest BCUT2D eigenvalue weighted by Crippen LogP contribution is 2.36. The minimum atomic E-state index is -0.251. The maximum atomic E-state index is 5.76. The minimum Gasteiger partial charge on any atom is -0.379 e. The van der Waals surface area contributed by atoms with Crippen LogP contribution < -0.4 is 0 Å². The molecule has 0 aromatic rings. The number of fused-ring (bicyclic) bond motifs is 1. The standard InChI is InChI=1S/C7H12B5N/c1-7(2)3-4-10-5-6-11(12(8)9)13(7)10/h5-6H,3-4H2,1-2H3. The summed E-state index contributed by atoms with van der Waals surface area (Å²) in [7, 11) is 11.5. The van der Waals surface area contributed by atoms with Gasteiger partial charge >= 0.3 is 0 Å². The lowest BCUT2D eigenvalue weighted by molar-refractivity contribution is 0.360. The van der Waals surface area contributed by atoms with Gasteiger partial charge in [-0.05, 0) is 25.8 Å². The Balaban J connectivity index is 2.22. The van der Waals surface area contributed by atoms with Gasteiger partial charge in [-0.25, -0.2) is 0 Å². The van der Waals surface area contributed by atoms with E-state index < -0.39 is 0 Å². The van der Waals surface area contributed by atoms with Gasteiger partial charge in [0.1, 0.15) is 0 Å². The maximum Gasteiger partial charge on any atom is 0.237 e. The van der Waals surface area contributed by atoms with Crippen molar-refractivity contribution in [3.05, 3.63) is 12.0 Å². The van der Waals surface area contributed by atoms with E-state index in [1.165, 1.54) is 12.7 Å². The zero-order valence-corrected chi connectivity index (χ0v) is 8.40. The van der Waals surface area contributed by atoms with Crippen molar-refractivity contribution in [1.82, 2.24) is 4.72 Å². The summed E-state index contributed by atoms with van der Waals surface area (Å²) in [5.74, 6) is 4.42. The molecular formula is C7H12B5N. The van der Waals surface area contributed by atoms with E-state index in [0.717, 1.165) is 0 Å². The van der Waals surface area contributed by atoms with E-state index in [1.54, 1.807) is 0 Å². The van der Waals surface area contributed by atoms with Crippen molar-refractivity contribution in [3.8, 4) is 0 Å². The van der Waals surface area contributed by atoms with Gasteiger partial charge in [-0.2, -0.15) is 0 Å². The van der Waals surface area contributed by atoms with Crippen LogP contribution in [0.15, 0.2) is 12.0 Å². The van der Waals surface area contributed by atoms with Crippen LogP contribution in [0.2, 0.25) is 6.32 Å². The van der Waals surface area contributed by atoms with Crippen LogP contribution in [-0.2, 0) is 0 Å². The Morgan fingerprint density at radius 2 is 2.08 bits per heavy atom. The number of hydrogen-bond acceptors (Lipinski definition) is 1. The fraction of sp³-hybridized carbons (Fsp3) is 0.714. The Morgan fingerprint density at radius 3 is 2.69 bits per heavy atom. The largest absolute Gasteiger partial charge is 0.379 e. The van der Waals surface area contributed by atoms with Gasteiger partial charge < -0.3 is 4.72 Å². The van der Waals surface area contributed by atoms with Gasteiger partial charge in [-0.1, -0.05) is 6.32 Å². The van der Waals surface area contributed by atoms with E-state index in [2.05, 4.69) is 30.5 Å². The van der Waals surface area contributed by atoms with Gasteiger partial charge in [0.15, 0.2) is 6.74 Å². The molecule has 1 saturated heterocycles. The molecule has 0 saturated carbocycles. The van der Waals surface area contributed by atoms with Crippen LogP contribution in [0, 0.1) is 0 Å². The van der Waals surface area contributed by atoms with Crippen molar-refractivity contribution in [3.63, 3.8) is 0 Å². The van der Waals surface area contributed by atoms with Crippen LogP contribution in [0.4, 0.5) is 0 Å². The first-order valence-electron chi connectivity index (χ1n) is 5.00. The molecule has 1 nitrogen and oxygen atoms in total. The first-order valence-corrected chi connectivity index (χ1v) is 5.00. The third kappa shape index (κ3) is 1.43. The van der Waals surface area contributed by atoms with Crippen molar-refractivity contribution in [1.29, 1.82) is 0 Å². The molecule has 2 aliphatic rings. The van der Waals surface area contributed by atoms with Crippen LogP contribution in [0.25, 0.3) is 0 Å². The van der Waals surface area contributed by atoms with Crippen LogP contribution in [0.1, 0.15) is 20.3 Å². The molecule has 60 valence electrons. The Morgan fingerprint density at radius 1 is 1.38 bits per heavy atom. The van der Waals surface area contributed by atoms with Gasteiger partial charge in [0.05, 0.1) is 0 Å². The van der Waals surface area contributed by atoms with Gasteiger partial charge in [0.2, 0.25) is 6.85 Å². The average Bonchev–Trinajstić information content (AvgIpc) is 2.53. The third-order valence-electron chi connectivity index (χ3n) is 3.35. The summed E-state index contributed by atoms with van der Waals surface area (Å²) in [6, 6.07) is 0. The van der Waals surface area contributed by atoms with Crippen molar-refractivity contribution >= 4 is 35.4 Å². The molecule has 0 aliphatic carbocycles. The Kier molecular flexibility index (Phi) is 2.22. The molecule has 0 aromatic heterocycles. The second-order valence-corrected chi connectivity index (χ2v) is 4.78. The SMILES string of the molecule is [B]B([B])B1C=CB2CCC(C)(C)N21. The lowest BCUT2D eigenvalue weighted by atomic mass is 8.95. The molecule has 0 spiro atoms. The number of rotatable bonds is 1. The molecule has 0 N–H and O–H groups in total. The summed E-state index contributed by atoms with van der Waals surface area (Å²) in [5.41, 5.74) is 0.260. The molecule has 1 fully saturated rings. The predicted molar refractivity (Wildman–Crippen MR) is 63.3 cm³/mol. The molecule has 0 bridgehead atoms. The normalized spacial score (nSPS) is 25.4. The minimum absolute atomic E-state index is 0.238. The Hall–Kier alpha value is 0.0247. The molecule has 6 heteroatoms. The van der Waals surface area contributed by atoms with Crippen LogP contribution in [0.3, 0.4) is 0 Å². The van der Waals surface area contributed by atoms with Crippen LogP contribution in [-0.4, -0.2) is 45.7 Å². The number of nitrogens with zero attached hydrogens (tertiary/aromatic N) is 1. The van der Waals surface area contributed by atoms with Gasteiger partial charge in [-0.15, -0.1) is 12.0 Å². The highest BCUT2D eigenvalue weighted by atomic mass is 15.1. The smallest absolute Gasteiger partial charge is 0.237 e. The second kappa shape index (κ2) is 3.01. The zero-order chi connectivity index (χ0) is 9.64.